The number of unbranched alkanes of at least 4 members (excludes halogenated alkanes) is 2. The third-order valence-electron chi connectivity index (χ3n) is 5.46. The number of Topliss-reactive ketones (excluding diaryl/α,β-unsaturated/α-hetero) is 1. The fourth-order valence-corrected chi connectivity index (χ4v) is 3.55. The minimum absolute atomic E-state index is 0.00747. The molecule has 2 aromatic rings. The lowest BCUT2D eigenvalue weighted by molar-refractivity contribution is -0.142. The van der Waals surface area contributed by atoms with Crippen molar-refractivity contribution in [1.29, 1.82) is 0 Å². The van der Waals surface area contributed by atoms with Crippen molar-refractivity contribution >= 4 is 23.6 Å². The number of hydrogen-bond donors (Lipinski definition) is 1. The first-order valence-electron chi connectivity index (χ1n) is 10.7. The number of benzene rings is 2. The van der Waals surface area contributed by atoms with Crippen LogP contribution in [0, 0.1) is 17.8 Å². The van der Waals surface area contributed by atoms with Gasteiger partial charge < -0.3 is 5.11 Å². The fraction of sp³-hybridized carbons (Fsp3) is 0.308. The van der Waals surface area contributed by atoms with Crippen LogP contribution in [0.1, 0.15) is 75.7 Å². The second-order valence-corrected chi connectivity index (χ2v) is 7.74. The zero-order valence-corrected chi connectivity index (χ0v) is 18.0. The van der Waals surface area contributed by atoms with Crippen LogP contribution in [-0.4, -0.2) is 40.1 Å². The van der Waals surface area contributed by atoms with Crippen LogP contribution in [0.15, 0.2) is 48.5 Å². The maximum absolute atomic E-state index is 12.6. The lowest BCUT2D eigenvalue weighted by Gasteiger charge is -2.17. The van der Waals surface area contributed by atoms with Gasteiger partial charge in [0, 0.05) is 30.5 Å². The average molecular weight is 431 g/mol. The van der Waals surface area contributed by atoms with E-state index in [1.54, 1.807) is 48.5 Å². The van der Waals surface area contributed by atoms with E-state index in [1.165, 1.54) is 0 Å². The SMILES string of the molecule is CCCCC#Cc1ccc(C(=O)C[C@H](CCN2C(=O)c3ccccc3C2=O)C(=O)O)cc1. The van der Waals surface area contributed by atoms with E-state index >= 15 is 0 Å². The maximum Gasteiger partial charge on any atom is 0.307 e. The predicted octanol–water partition coefficient (Wildman–Crippen LogP) is 4.19. The molecule has 0 fully saturated rings. The van der Waals surface area contributed by atoms with E-state index in [9.17, 15) is 24.3 Å². The Balaban J connectivity index is 1.60. The molecule has 6 heteroatoms. The molecular formula is C26H25NO5. The molecule has 0 saturated carbocycles. The number of amides is 2. The lowest BCUT2D eigenvalue weighted by Crippen LogP contribution is -2.33. The lowest BCUT2D eigenvalue weighted by atomic mass is 9.95. The number of fused-ring (bicyclic) bond motifs is 1. The molecule has 1 atom stereocenters. The first kappa shape index (κ1) is 23.0. The standard InChI is InChI=1S/C26H25NO5/c1-2-3-4-5-8-18-11-13-19(14-12-18)23(28)17-20(26(31)32)15-16-27-24(29)21-9-6-7-10-22(21)25(27)30/h6-7,9-14,20H,2-4,15-17H2,1H3,(H,31,32)/t20-/m0/s1. The van der Waals surface area contributed by atoms with Gasteiger partial charge in [-0.2, -0.15) is 0 Å². The first-order chi connectivity index (χ1) is 15.4. The van der Waals surface area contributed by atoms with Crippen molar-refractivity contribution in [3.8, 4) is 11.8 Å². The van der Waals surface area contributed by atoms with Gasteiger partial charge in [0.25, 0.3) is 11.8 Å². The number of nitrogens with zero attached hydrogens (tertiary/aromatic N) is 1. The highest BCUT2D eigenvalue weighted by Gasteiger charge is 2.35. The molecule has 0 aliphatic carbocycles. The summed E-state index contributed by atoms with van der Waals surface area (Å²) >= 11 is 0. The van der Waals surface area contributed by atoms with Gasteiger partial charge in [0.05, 0.1) is 17.0 Å². The monoisotopic (exact) mass is 431 g/mol. The molecule has 2 amide bonds. The van der Waals surface area contributed by atoms with Crippen LogP contribution in [0.5, 0.6) is 0 Å². The summed E-state index contributed by atoms with van der Waals surface area (Å²) in [6.07, 6.45) is 2.75. The van der Waals surface area contributed by atoms with Crippen LogP contribution in [0.3, 0.4) is 0 Å². The summed E-state index contributed by atoms with van der Waals surface area (Å²) in [6, 6.07) is 13.3. The van der Waals surface area contributed by atoms with Gasteiger partial charge in [0.15, 0.2) is 5.78 Å². The van der Waals surface area contributed by atoms with Crippen molar-refractivity contribution in [3.63, 3.8) is 0 Å². The number of carbonyl (C=O) groups is 4. The van der Waals surface area contributed by atoms with Crippen LogP contribution in [-0.2, 0) is 4.79 Å². The minimum Gasteiger partial charge on any atom is -0.481 e. The van der Waals surface area contributed by atoms with E-state index in [1.807, 2.05) is 0 Å². The van der Waals surface area contributed by atoms with Crippen LogP contribution in [0.4, 0.5) is 0 Å². The minimum atomic E-state index is -1.13. The third-order valence-corrected chi connectivity index (χ3v) is 5.46. The molecule has 2 aromatic carbocycles. The van der Waals surface area contributed by atoms with Gasteiger partial charge in [-0.15, -0.1) is 0 Å². The number of aliphatic carboxylic acids is 1. The molecule has 0 spiro atoms. The van der Waals surface area contributed by atoms with Crippen LogP contribution in [0.2, 0.25) is 0 Å². The highest BCUT2D eigenvalue weighted by Crippen LogP contribution is 2.24. The van der Waals surface area contributed by atoms with Crippen molar-refractivity contribution in [2.75, 3.05) is 6.54 Å². The molecular weight excluding hydrogens is 406 g/mol. The topological polar surface area (TPSA) is 91.8 Å². The molecule has 0 saturated heterocycles. The van der Waals surface area contributed by atoms with Gasteiger partial charge in [-0.25, -0.2) is 0 Å². The second-order valence-electron chi connectivity index (χ2n) is 7.74. The Morgan fingerprint density at radius 3 is 2.19 bits per heavy atom. The smallest absolute Gasteiger partial charge is 0.307 e. The first-order valence-corrected chi connectivity index (χ1v) is 10.7. The normalized spacial score (nSPS) is 13.3. The third kappa shape index (κ3) is 5.30. The van der Waals surface area contributed by atoms with Crippen molar-refractivity contribution in [3.05, 3.63) is 70.8 Å². The van der Waals surface area contributed by atoms with Crippen LogP contribution < -0.4 is 0 Å². The van der Waals surface area contributed by atoms with E-state index in [0.29, 0.717) is 16.7 Å². The second kappa shape index (κ2) is 10.5. The maximum atomic E-state index is 12.6. The van der Waals surface area contributed by atoms with E-state index in [0.717, 1.165) is 29.7 Å². The highest BCUT2D eigenvalue weighted by atomic mass is 16.4. The van der Waals surface area contributed by atoms with Crippen molar-refractivity contribution in [1.82, 2.24) is 4.90 Å². The molecule has 164 valence electrons. The quantitative estimate of drug-likeness (QED) is 0.278. The summed E-state index contributed by atoms with van der Waals surface area (Å²) in [5.41, 5.74) is 1.85. The molecule has 1 aliphatic rings. The number of carboxylic acids is 1. The fourth-order valence-electron chi connectivity index (χ4n) is 3.55. The van der Waals surface area contributed by atoms with E-state index in [2.05, 4.69) is 18.8 Å². The molecule has 32 heavy (non-hydrogen) atoms. The molecule has 3 rings (SSSR count). The van der Waals surface area contributed by atoms with E-state index in [4.69, 9.17) is 0 Å². The molecule has 1 heterocycles. The summed E-state index contributed by atoms with van der Waals surface area (Å²) in [5, 5.41) is 9.57. The number of rotatable bonds is 9. The summed E-state index contributed by atoms with van der Waals surface area (Å²) in [5.74, 6) is 2.83. The zero-order chi connectivity index (χ0) is 23.1. The molecule has 0 unspecified atom stereocenters. The van der Waals surface area contributed by atoms with Crippen molar-refractivity contribution in [2.45, 2.75) is 39.0 Å². The van der Waals surface area contributed by atoms with Gasteiger partial charge >= 0.3 is 5.97 Å². The number of carboxylic acid groups (broad SMARTS) is 1. The van der Waals surface area contributed by atoms with Gasteiger partial charge in [-0.05, 0) is 37.1 Å². The Morgan fingerprint density at radius 2 is 1.62 bits per heavy atom. The van der Waals surface area contributed by atoms with Gasteiger partial charge in [0.2, 0.25) is 0 Å². The molecule has 0 aromatic heterocycles. The van der Waals surface area contributed by atoms with Gasteiger partial charge in [-0.1, -0.05) is 49.5 Å². The summed E-state index contributed by atoms with van der Waals surface area (Å²) < 4.78 is 0. The number of hydrogen-bond acceptors (Lipinski definition) is 4. The zero-order valence-electron chi connectivity index (χ0n) is 18.0. The molecule has 6 nitrogen and oxygen atoms in total. The molecule has 1 N–H and O–H groups in total. The van der Waals surface area contributed by atoms with Gasteiger partial charge in [-0.3, -0.25) is 24.1 Å². The Bertz CT molecular complexity index is 1060. The number of carbonyl (C=O) groups excluding carboxylic acids is 3. The number of ketones is 1. The Labute approximate surface area is 187 Å². The molecule has 0 radical (unpaired) electrons. The number of imide groups is 1. The van der Waals surface area contributed by atoms with E-state index in [-0.39, 0.29) is 25.2 Å². The Morgan fingerprint density at radius 1 is 1.00 bits per heavy atom. The summed E-state index contributed by atoms with van der Waals surface area (Å²) in [6.45, 7) is 2.05. The summed E-state index contributed by atoms with van der Waals surface area (Å²) in [7, 11) is 0. The van der Waals surface area contributed by atoms with E-state index < -0.39 is 23.7 Å². The average Bonchev–Trinajstić information content (AvgIpc) is 3.04. The summed E-state index contributed by atoms with van der Waals surface area (Å²) in [4.78, 5) is 50.3. The van der Waals surface area contributed by atoms with Gasteiger partial charge in [0.1, 0.15) is 0 Å². The largest absolute Gasteiger partial charge is 0.481 e. The Hall–Kier alpha value is -3.72. The van der Waals surface area contributed by atoms with Crippen LogP contribution >= 0.6 is 0 Å². The highest BCUT2D eigenvalue weighted by molar-refractivity contribution is 6.21. The van der Waals surface area contributed by atoms with Crippen molar-refractivity contribution < 1.29 is 24.3 Å². The molecule has 1 aliphatic heterocycles. The van der Waals surface area contributed by atoms with Crippen LogP contribution in [0.25, 0.3) is 0 Å². The predicted molar refractivity (Wildman–Crippen MR) is 119 cm³/mol. The Kier molecular flexibility index (Phi) is 7.56. The van der Waals surface area contributed by atoms with Crippen molar-refractivity contribution in [2.24, 2.45) is 5.92 Å². The molecule has 0 bridgehead atoms.